The molecule has 0 bridgehead atoms. The first-order valence-corrected chi connectivity index (χ1v) is 14.7. The van der Waals surface area contributed by atoms with Gasteiger partial charge in [-0.25, -0.2) is 0 Å². The van der Waals surface area contributed by atoms with E-state index in [4.69, 9.17) is 0 Å². The van der Waals surface area contributed by atoms with E-state index >= 15 is 0 Å². The largest absolute Gasteiger partial charge is 0.387 e. The van der Waals surface area contributed by atoms with E-state index < -0.39 is 6.10 Å². The van der Waals surface area contributed by atoms with Crippen molar-refractivity contribution in [1.82, 2.24) is 4.90 Å². The smallest absolute Gasteiger partial charge is 0.0923 e. The number of benzene rings is 2. The number of aliphatic hydroxyl groups excluding tert-OH is 1. The highest BCUT2D eigenvalue weighted by molar-refractivity contribution is 5.90. The maximum absolute atomic E-state index is 11.5. The molecule has 0 saturated heterocycles. The topological polar surface area (TPSA) is 23.5 Å². The van der Waals surface area contributed by atoms with E-state index in [-0.39, 0.29) is 0 Å². The maximum Gasteiger partial charge on any atom is 0.0923 e. The molecule has 0 fully saturated rings. The van der Waals surface area contributed by atoms with Crippen LogP contribution in [-0.2, 0) is 12.8 Å². The number of nitrogens with zero attached hydrogens (tertiary/aromatic N) is 1. The van der Waals surface area contributed by atoms with Crippen LogP contribution >= 0.6 is 0 Å². The van der Waals surface area contributed by atoms with Gasteiger partial charge in [0.1, 0.15) is 0 Å². The Bertz CT molecular complexity index is 813. The minimum Gasteiger partial charge on any atom is -0.387 e. The molecule has 0 aliphatic heterocycles. The van der Waals surface area contributed by atoms with E-state index in [9.17, 15) is 5.11 Å². The van der Waals surface area contributed by atoms with Crippen molar-refractivity contribution in [1.29, 1.82) is 0 Å². The zero-order valence-corrected chi connectivity index (χ0v) is 22.3. The minimum absolute atomic E-state index is 0.405. The van der Waals surface area contributed by atoms with Crippen molar-refractivity contribution in [2.24, 2.45) is 0 Å². The molecule has 1 N–H and O–H groups in total. The lowest BCUT2D eigenvalue weighted by molar-refractivity contribution is 0.111. The monoisotopic (exact) mass is 465 g/mol. The van der Waals surface area contributed by atoms with Gasteiger partial charge in [0.15, 0.2) is 0 Å². The van der Waals surface area contributed by atoms with Gasteiger partial charge in [-0.05, 0) is 79.1 Å². The molecule has 34 heavy (non-hydrogen) atoms. The Morgan fingerprint density at radius 1 is 0.735 bits per heavy atom. The summed E-state index contributed by atoms with van der Waals surface area (Å²) >= 11 is 0. The summed E-state index contributed by atoms with van der Waals surface area (Å²) in [6, 6.07) is 11.2. The SMILES string of the molecule is CCCCCCCCN(CCCCCCCC)C[C@@H](O)c1cc2c(c3ccccc13)CCCC2. The summed E-state index contributed by atoms with van der Waals surface area (Å²) in [5, 5.41) is 14.1. The predicted molar refractivity (Wildman–Crippen MR) is 149 cm³/mol. The van der Waals surface area contributed by atoms with Gasteiger partial charge < -0.3 is 10.0 Å². The summed E-state index contributed by atoms with van der Waals surface area (Å²) in [5.41, 5.74) is 4.18. The average Bonchev–Trinajstić information content (AvgIpc) is 2.87. The van der Waals surface area contributed by atoms with Crippen LogP contribution in [0.4, 0.5) is 0 Å². The lowest BCUT2D eigenvalue weighted by Crippen LogP contribution is -2.31. The van der Waals surface area contributed by atoms with Crippen LogP contribution in [0.5, 0.6) is 0 Å². The lowest BCUT2D eigenvalue weighted by Gasteiger charge is -2.27. The third-order valence-electron chi connectivity index (χ3n) is 7.85. The number of unbranched alkanes of at least 4 members (excludes halogenated alkanes) is 10. The van der Waals surface area contributed by atoms with Crippen molar-refractivity contribution in [3.63, 3.8) is 0 Å². The molecule has 1 aliphatic rings. The highest BCUT2D eigenvalue weighted by atomic mass is 16.3. The van der Waals surface area contributed by atoms with Crippen molar-refractivity contribution in [3.8, 4) is 0 Å². The van der Waals surface area contributed by atoms with E-state index in [1.54, 1.807) is 0 Å². The van der Waals surface area contributed by atoms with Crippen LogP contribution < -0.4 is 0 Å². The van der Waals surface area contributed by atoms with Crippen LogP contribution in [0.25, 0.3) is 10.8 Å². The number of aryl methyl sites for hydroxylation is 2. The summed E-state index contributed by atoms with van der Waals surface area (Å²) in [7, 11) is 0. The molecule has 0 unspecified atom stereocenters. The highest BCUT2D eigenvalue weighted by Gasteiger charge is 2.20. The third kappa shape index (κ3) is 8.38. The quantitative estimate of drug-likeness (QED) is 0.236. The molecule has 0 spiro atoms. The van der Waals surface area contributed by atoms with Gasteiger partial charge in [0, 0.05) is 6.54 Å². The van der Waals surface area contributed by atoms with Crippen LogP contribution in [0, 0.1) is 0 Å². The van der Waals surface area contributed by atoms with Crippen molar-refractivity contribution >= 4 is 10.8 Å². The molecule has 1 atom stereocenters. The van der Waals surface area contributed by atoms with E-state index in [0.29, 0.717) is 0 Å². The standard InChI is InChI=1S/C32H51NO/c1-3-5-7-9-11-17-23-33(24-18-12-10-8-6-4-2)26-32(34)31-25-27-19-13-14-20-28(27)29-21-15-16-22-30(29)31/h15-16,21-22,25,32,34H,3-14,17-20,23-24,26H2,1-2H3/t32-/m1/s1. The molecule has 0 aromatic heterocycles. The number of fused-ring (bicyclic) bond motifs is 3. The second-order valence-corrected chi connectivity index (χ2v) is 10.7. The Balaban J connectivity index is 1.64. The summed E-state index contributed by atoms with van der Waals surface area (Å²) in [5.74, 6) is 0. The molecule has 2 nitrogen and oxygen atoms in total. The van der Waals surface area contributed by atoms with Gasteiger partial charge in [0.25, 0.3) is 0 Å². The molecule has 2 aromatic carbocycles. The molecule has 2 aromatic rings. The Kier molecular flexibility index (Phi) is 12.5. The Labute approximate surface area is 210 Å². The molecule has 190 valence electrons. The second-order valence-electron chi connectivity index (χ2n) is 10.7. The van der Waals surface area contributed by atoms with Gasteiger partial charge in [-0.15, -0.1) is 0 Å². The molecule has 0 saturated carbocycles. The van der Waals surface area contributed by atoms with Crippen molar-refractivity contribution in [2.45, 2.75) is 123 Å². The van der Waals surface area contributed by atoms with Gasteiger partial charge in [-0.3, -0.25) is 0 Å². The van der Waals surface area contributed by atoms with E-state index in [2.05, 4.69) is 49.1 Å². The molecule has 0 heterocycles. The van der Waals surface area contributed by atoms with E-state index in [1.165, 1.54) is 125 Å². The van der Waals surface area contributed by atoms with Crippen LogP contribution in [0.1, 0.15) is 127 Å². The Morgan fingerprint density at radius 3 is 1.94 bits per heavy atom. The molecule has 3 rings (SSSR count). The number of hydrogen-bond acceptors (Lipinski definition) is 2. The van der Waals surface area contributed by atoms with Gasteiger partial charge in [0.05, 0.1) is 6.10 Å². The molecule has 2 heteroatoms. The number of hydrogen-bond donors (Lipinski definition) is 1. The van der Waals surface area contributed by atoms with Crippen LogP contribution in [-0.4, -0.2) is 29.6 Å². The van der Waals surface area contributed by atoms with Crippen LogP contribution in [0.2, 0.25) is 0 Å². The summed E-state index contributed by atoms with van der Waals surface area (Å²) in [6.07, 6.45) is 20.5. The fraction of sp³-hybridized carbons (Fsp3) is 0.688. The average molecular weight is 466 g/mol. The zero-order valence-electron chi connectivity index (χ0n) is 22.3. The second kappa shape index (κ2) is 15.6. The zero-order chi connectivity index (χ0) is 24.0. The fourth-order valence-electron chi connectivity index (χ4n) is 5.80. The fourth-order valence-corrected chi connectivity index (χ4v) is 5.80. The Morgan fingerprint density at radius 2 is 1.29 bits per heavy atom. The first-order valence-electron chi connectivity index (χ1n) is 14.7. The molecule has 1 aliphatic carbocycles. The first-order chi connectivity index (χ1) is 16.7. The van der Waals surface area contributed by atoms with Crippen molar-refractivity contribution in [2.75, 3.05) is 19.6 Å². The van der Waals surface area contributed by atoms with Crippen LogP contribution in [0.15, 0.2) is 30.3 Å². The minimum atomic E-state index is -0.405. The van der Waals surface area contributed by atoms with E-state index in [0.717, 1.165) is 25.2 Å². The van der Waals surface area contributed by atoms with Gasteiger partial charge >= 0.3 is 0 Å². The molecule has 0 amide bonds. The molecular weight excluding hydrogens is 414 g/mol. The van der Waals surface area contributed by atoms with E-state index in [1.807, 2.05) is 0 Å². The number of aliphatic hydroxyl groups is 1. The maximum atomic E-state index is 11.5. The van der Waals surface area contributed by atoms with Gasteiger partial charge in [-0.1, -0.05) is 108 Å². The predicted octanol–water partition coefficient (Wildman–Crippen LogP) is 8.78. The number of rotatable bonds is 17. The first kappa shape index (κ1) is 27.2. The summed E-state index contributed by atoms with van der Waals surface area (Å²) < 4.78 is 0. The third-order valence-corrected chi connectivity index (χ3v) is 7.85. The van der Waals surface area contributed by atoms with Crippen molar-refractivity contribution < 1.29 is 5.11 Å². The molecule has 0 radical (unpaired) electrons. The van der Waals surface area contributed by atoms with Crippen molar-refractivity contribution in [3.05, 3.63) is 47.0 Å². The van der Waals surface area contributed by atoms with Gasteiger partial charge in [0.2, 0.25) is 0 Å². The summed E-state index contributed by atoms with van der Waals surface area (Å²) in [6.45, 7) is 7.59. The van der Waals surface area contributed by atoms with Crippen LogP contribution in [0.3, 0.4) is 0 Å². The Hall–Kier alpha value is -1.38. The van der Waals surface area contributed by atoms with Gasteiger partial charge in [-0.2, -0.15) is 0 Å². The summed E-state index contributed by atoms with van der Waals surface area (Å²) in [4.78, 5) is 2.57. The normalized spacial score (nSPS) is 14.6. The lowest BCUT2D eigenvalue weighted by atomic mass is 9.84. The highest BCUT2D eigenvalue weighted by Crippen LogP contribution is 2.34. The molecular formula is C32H51NO.